The zero-order chi connectivity index (χ0) is 17.3. The normalized spacial score (nSPS) is 47.7. The van der Waals surface area contributed by atoms with Crippen molar-refractivity contribution in [1.82, 2.24) is 0 Å². The van der Waals surface area contributed by atoms with Crippen LogP contribution < -0.4 is 0 Å². The van der Waals surface area contributed by atoms with Gasteiger partial charge in [-0.1, -0.05) is 6.92 Å². The fourth-order valence-corrected chi connectivity index (χ4v) is 2.83. The molecule has 2 aliphatic rings. The Morgan fingerprint density at radius 3 is 2.13 bits per heavy atom. The molecule has 10 heteroatoms. The Kier molecular flexibility index (Phi) is 5.92. The van der Waals surface area contributed by atoms with Gasteiger partial charge in [-0.3, -0.25) is 0 Å². The molecule has 134 valence electrons. The van der Waals surface area contributed by atoms with Crippen molar-refractivity contribution in [2.75, 3.05) is 13.2 Å². The van der Waals surface area contributed by atoms with Gasteiger partial charge in [0.05, 0.1) is 19.3 Å². The molecule has 2 saturated heterocycles. The topological polar surface area (TPSA) is 166 Å². The van der Waals surface area contributed by atoms with Crippen molar-refractivity contribution in [2.24, 2.45) is 5.92 Å². The monoisotopic (exact) mass is 338 g/mol. The molecule has 0 aromatic carbocycles. The maximum absolute atomic E-state index is 11.2. The predicted octanol–water partition coefficient (Wildman–Crippen LogP) is -3.35. The minimum atomic E-state index is -1.54. The minimum absolute atomic E-state index is 0.511. The third-order valence-electron chi connectivity index (χ3n) is 4.25. The van der Waals surface area contributed by atoms with Crippen molar-refractivity contribution in [3.05, 3.63) is 0 Å². The minimum Gasteiger partial charge on any atom is -0.479 e. The van der Waals surface area contributed by atoms with Gasteiger partial charge in [0.15, 0.2) is 12.4 Å². The Bertz CT molecular complexity index is 416. The van der Waals surface area contributed by atoms with E-state index in [0.29, 0.717) is 0 Å². The Hall–Kier alpha value is -0.850. The molecule has 5 unspecified atom stereocenters. The summed E-state index contributed by atoms with van der Waals surface area (Å²) in [5, 5.41) is 57.4. The van der Waals surface area contributed by atoms with E-state index in [0.717, 1.165) is 0 Å². The van der Waals surface area contributed by atoms with Crippen molar-refractivity contribution < 1.29 is 49.6 Å². The van der Waals surface area contributed by atoms with Crippen LogP contribution in [-0.2, 0) is 19.0 Å². The Morgan fingerprint density at radius 2 is 1.61 bits per heavy atom. The highest BCUT2D eigenvalue weighted by Crippen LogP contribution is 2.31. The van der Waals surface area contributed by atoms with Gasteiger partial charge in [0, 0.05) is 5.92 Å². The molecular weight excluding hydrogens is 316 g/mol. The first-order valence-corrected chi connectivity index (χ1v) is 7.26. The first-order valence-electron chi connectivity index (χ1n) is 7.26. The van der Waals surface area contributed by atoms with E-state index in [-0.39, 0.29) is 0 Å². The molecule has 10 nitrogen and oxygen atoms in total. The van der Waals surface area contributed by atoms with E-state index >= 15 is 0 Å². The molecule has 0 aromatic heterocycles. The average Bonchev–Trinajstić information content (AvgIpc) is 2.83. The van der Waals surface area contributed by atoms with E-state index < -0.39 is 74.1 Å². The number of carboxylic acid groups (broad SMARTS) is 1. The summed E-state index contributed by atoms with van der Waals surface area (Å²) in [7, 11) is 0. The highest BCUT2D eigenvalue weighted by atomic mass is 16.7. The van der Waals surface area contributed by atoms with Crippen LogP contribution in [0.1, 0.15) is 6.92 Å². The summed E-state index contributed by atoms with van der Waals surface area (Å²) in [4.78, 5) is 11.2. The van der Waals surface area contributed by atoms with Gasteiger partial charge in [0.25, 0.3) is 0 Å². The lowest BCUT2D eigenvalue weighted by Crippen LogP contribution is -2.58. The highest BCUT2D eigenvalue weighted by Gasteiger charge is 2.50. The number of hydrogen-bond donors (Lipinski definition) is 6. The summed E-state index contributed by atoms with van der Waals surface area (Å²) in [6.07, 6.45) is -10.3. The van der Waals surface area contributed by atoms with Crippen molar-refractivity contribution in [2.45, 2.75) is 55.9 Å². The van der Waals surface area contributed by atoms with Crippen LogP contribution in [0.15, 0.2) is 0 Å². The van der Waals surface area contributed by atoms with Crippen molar-refractivity contribution in [3.8, 4) is 0 Å². The summed E-state index contributed by atoms with van der Waals surface area (Å²) in [6, 6.07) is 0. The summed E-state index contributed by atoms with van der Waals surface area (Å²) < 4.78 is 15.7. The molecule has 2 rings (SSSR count). The number of aliphatic hydroxyl groups is 5. The van der Waals surface area contributed by atoms with Gasteiger partial charge in [0.2, 0.25) is 0 Å². The Balaban J connectivity index is 2.12. The summed E-state index contributed by atoms with van der Waals surface area (Å²) in [5.74, 6) is -2.20. The molecule has 0 aliphatic carbocycles. The smallest absolute Gasteiger partial charge is 0.333 e. The van der Waals surface area contributed by atoms with Crippen LogP contribution >= 0.6 is 0 Å². The lowest BCUT2D eigenvalue weighted by Gasteiger charge is -2.40. The standard InChI is InChI=1S/C13H22O10/c1-4-7(16)9(18)13(22-10(4)12(19)20)23-11-6(3-15)21-5(2-14)8(11)17/h4-11,13-18H,2-3H2,1H3,(H,19,20)/t4-,5-,6?,7?,8?,9?,10?,11+,13-/m0/s1. The fraction of sp³-hybridized carbons (Fsp3) is 0.923. The molecule has 9 atom stereocenters. The van der Waals surface area contributed by atoms with Gasteiger partial charge in [-0.25, -0.2) is 4.79 Å². The van der Waals surface area contributed by atoms with Crippen LogP contribution in [0.2, 0.25) is 0 Å². The van der Waals surface area contributed by atoms with Gasteiger partial charge in [-0.2, -0.15) is 0 Å². The van der Waals surface area contributed by atoms with E-state index in [2.05, 4.69) is 0 Å². The zero-order valence-electron chi connectivity index (χ0n) is 12.4. The maximum Gasteiger partial charge on any atom is 0.333 e. The van der Waals surface area contributed by atoms with Crippen LogP contribution in [0.4, 0.5) is 0 Å². The van der Waals surface area contributed by atoms with Crippen LogP contribution in [-0.4, -0.2) is 98.8 Å². The molecule has 2 aliphatic heterocycles. The average molecular weight is 338 g/mol. The summed E-state index contributed by atoms with van der Waals surface area (Å²) >= 11 is 0. The number of rotatable bonds is 5. The molecule has 0 saturated carbocycles. The maximum atomic E-state index is 11.2. The molecule has 0 amide bonds. The Morgan fingerprint density at radius 1 is 1.00 bits per heavy atom. The van der Waals surface area contributed by atoms with Gasteiger partial charge in [0.1, 0.15) is 30.5 Å². The van der Waals surface area contributed by atoms with Gasteiger partial charge < -0.3 is 44.8 Å². The van der Waals surface area contributed by atoms with E-state index in [4.69, 9.17) is 24.4 Å². The molecule has 0 spiro atoms. The SMILES string of the molecule is C[C@@H]1C(C(=O)O)O[C@@H](O[C@@H]2C(CO)O[C@@H](CO)C2O)C(O)C1O. The van der Waals surface area contributed by atoms with Crippen LogP contribution in [0.25, 0.3) is 0 Å². The molecule has 0 radical (unpaired) electrons. The number of aliphatic hydroxyl groups excluding tert-OH is 5. The molecule has 2 fully saturated rings. The van der Waals surface area contributed by atoms with Gasteiger partial charge in [-0.05, 0) is 0 Å². The predicted molar refractivity (Wildman–Crippen MR) is 71.2 cm³/mol. The number of ether oxygens (including phenoxy) is 3. The second-order valence-corrected chi connectivity index (χ2v) is 5.77. The third-order valence-corrected chi connectivity index (χ3v) is 4.25. The lowest BCUT2D eigenvalue weighted by atomic mass is 9.90. The number of carboxylic acids is 1. The number of hydrogen-bond acceptors (Lipinski definition) is 9. The number of aliphatic carboxylic acids is 1. The van der Waals surface area contributed by atoms with E-state index in [1.54, 1.807) is 0 Å². The van der Waals surface area contributed by atoms with Crippen LogP contribution in [0.3, 0.4) is 0 Å². The molecule has 0 aromatic rings. The largest absolute Gasteiger partial charge is 0.479 e. The summed E-state index contributed by atoms with van der Waals surface area (Å²) in [6.45, 7) is 0.375. The van der Waals surface area contributed by atoms with Crippen LogP contribution in [0.5, 0.6) is 0 Å². The molecule has 6 N–H and O–H groups in total. The first-order chi connectivity index (χ1) is 10.8. The molecule has 2 heterocycles. The summed E-state index contributed by atoms with van der Waals surface area (Å²) in [5.41, 5.74) is 0. The second kappa shape index (κ2) is 7.36. The first kappa shape index (κ1) is 18.5. The van der Waals surface area contributed by atoms with Crippen molar-refractivity contribution in [3.63, 3.8) is 0 Å². The second-order valence-electron chi connectivity index (χ2n) is 5.77. The van der Waals surface area contributed by atoms with E-state index in [1.165, 1.54) is 6.92 Å². The van der Waals surface area contributed by atoms with Gasteiger partial charge in [-0.15, -0.1) is 0 Å². The van der Waals surface area contributed by atoms with E-state index in [1.807, 2.05) is 0 Å². The zero-order valence-corrected chi connectivity index (χ0v) is 12.4. The van der Waals surface area contributed by atoms with Crippen LogP contribution in [0, 0.1) is 5.92 Å². The third kappa shape index (κ3) is 3.49. The lowest BCUT2D eigenvalue weighted by molar-refractivity contribution is -0.301. The molecule has 23 heavy (non-hydrogen) atoms. The van der Waals surface area contributed by atoms with E-state index in [9.17, 15) is 25.2 Å². The molecular formula is C13H22O10. The van der Waals surface area contributed by atoms with Gasteiger partial charge >= 0.3 is 5.97 Å². The number of carbonyl (C=O) groups is 1. The van der Waals surface area contributed by atoms with Crippen molar-refractivity contribution in [1.29, 1.82) is 0 Å². The highest BCUT2D eigenvalue weighted by molar-refractivity contribution is 5.73. The van der Waals surface area contributed by atoms with Crippen molar-refractivity contribution >= 4 is 5.97 Å². The molecule has 0 bridgehead atoms. The quantitative estimate of drug-likeness (QED) is 0.298. The fourth-order valence-electron chi connectivity index (χ4n) is 2.83. The Labute approximate surface area is 131 Å².